The Morgan fingerprint density at radius 1 is 1.26 bits per heavy atom. The number of fused-ring (bicyclic) bond motifs is 1. The summed E-state index contributed by atoms with van der Waals surface area (Å²) in [6, 6.07) is 3.49. The van der Waals surface area contributed by atoms with Crippen molar-refractivity contribution in [1.29, 1.82) is 0 Å². The van der Waals surface area contributed by atoms with Crippen LogP contribution in [-0.4, -0.2) is 46.4 Å². The first kappa shape index (κ1) is 15.6. The Labute approximate surface area is 131 Å². The van der Waals surface area contributed by atoms with E-state index in [4.69, 9.17) is 0 Å². The van der Waals surface area contributed by atoms with Crippen LogP contribution in [0.2, 0.25) is 0 Å². The molecular formula is C13H16N4O5S. The van der Waals surface area contributed by atoms with Crippen LogP contribution in [0.5, 0.6) is 0 Å². The van der Waals surface area contributed by atoms with Gasteiger partial charge in [-0.15, -0.1) is 0 Å². The highest BCUT2D eigenvalue weighted by Crippen LogP contribution is 2.23. The van der Waals surface area contributed by atoms with Gasteiger partial charge in [0, 0.05) is 6.54 Å². The molecule has 4 N–H and O–H groups in total. The third kappa shape index (κ3) is 3.08. The fraction of sp³-hybridized carbons (Fsp3) is 0.385. The number of hydrogen-bond donors (Lipinski definition) is 4. The number of carboxylic acid groups (broad SMARTS) is 1. The summed E-state index contributed by atoms with van der Waals surface area (Å²) in [7, 11) is -3.99. The second kappa shape index (κ2) is 5.70. The Morgan fingerprint density at radius 3 is 2.74 bits per heavy atom. The Morgan fingerprint density at radius 2 is 2.00 bits per heavy atom. The van der Waals surface area contributed by atoms with Gasteiger partial charge in [0.25, 0.3) is 0 Å². The van der Waals surface area contributed by atoms with Crippen LogP contribution in [0.1, 0.15) is 19.3 Å². The molecule has 9 nitrogen and oxygen atoms in total. The maximum absolute atomic E-state index is 12.5. The molecule has 0 spiro atoms. The van der Waals surface area contributed by atoms with Gasteiger partial charge in [0.2, 0.25) is 0 Å². The molecule has 2 heterocycles. The second-order valence-electron chi connectivity index (χ2n) is 5.41. The number of carbonyl (C=O) groups is 1. The van der Waals surface area contributed by atoms with Crippen LogP contribution in [-0.2, 0) is 15.0 Å². The Hall–Kier alpha value is -2.33. The van der Waals surface area contributed by atoms with Gasteiger partial charge in [-0.3, -0.25) is 9.52 Å². The van der Waals surface area contributed by atoms with E-state index in [2.05, 4.69) is 14.7 Å². The molecule has 0 bridgehead atoms. The first-order chi connectivity index (χ1) is 10.9. The van der Waals surface area contributed by atoms with Gasteiger partial charge < -0.3 is 15.1 Å². The number of carboxylic acids is 1. The number of nitrogens with zero attached hydrogens (tertiary/aromatic N) is 1. The third-order valence-electron chi connectivity index (χ3n) is 3.81. The fourth-order valence-electron chi connectivity index (χ4n) is 2.74. The number of piperidine rings is 1. The van der Waals surface area contributed by atoms with Crippen molar-refractivity contribution in [2.75, 3.05) is 11.3 Å². The monoisotopic (exact) mass is 340 g/mol. The van der Waals surface area contributed by atoms with Crippen LogP contribution in [0.25, 0.3) is 11.0 Å². The van der Waals surface area contributed by atoms with Crippen LogP contribution >= 0.6 is 0 Å². The fourth-order valence-corrected chi connectivity index (χ4v) is 4.19. The average molecular weight is 340 g/mol. The van der Waals surface area contributed by atoms with E-state index in [1.54, 1.807) is 6.07 Å². The summed E-state index contributed by atoms with van der Waals surface area (Å²) in [6.07, 6.45) is 1.59. The number of hydrogen-bond acceptors (Lipinski definition) is 4. The number of anilines is 1. The van der Waals surface area contributed by atoms with Gasteiger partial charge in [-0.1, -0.05) is 0 Å². The average Bonchev–Trinajstić information content (AvgIpc) is 2.86. The predicted molar refractivity (Wildman–Crippen MR) is 83.4 cm³/mol. The smallest absolute Gasteiger partial charge is 0.323 e. The molecule has 1 fully saturated rings. The summed E-state index contributed by atoms with van der Waals surface area (Å²) in [6.45, 7) is 0.162. The molecular weight excluding hydrogens is 324 g/mol. The van der Waals surface area contributed by atoms with E-state index >= 15 is 0 Å². The van der Waals surface area contributed by atoms with E-state index < -0.39 is 22.2 Å². The first-order valence-electron chi connectivity index (χ1n) is 7.11. The Kier molecular flexibility index (Phi) is 3.86. The molecule has 0 aliphatic carbocycles. The second-order valence-corrected chi connectivity index (χ2v) is 7.03. The number of aliphatic carboxylic acids is 1. The van der Waals surface area contributed by atoms with Crippen LogP contribution < -0.4 is 10.4 Å². The number of nitrogens with one attached hydrogen (secondary N) is 3. The zero-order valence-corrected chi connectivity index (χ0v) is 12.9. The Bertz CT molecular complexity index is 900. The predicted octanol–water partition coefficient (Wildman–Crippen LogP) is 0.452. The molecule has 1 saturated heterocycles. The lowest BCUT2D eigenvalue weighted by Crippen LogP contribution is -2.49. The van der Waals surface area contributed by atoms with Gasteiger partial charge >= 0.3 is 21.9 Å². The number of aromatic amines is 2. The summed E-state index contributed by atoms with van der Waals surface area (Å²) in [5.74, 6) is -1.15. The molecule has 1 aliphatic heterocycles. The lowest BCUT2D eigenvalue weighted by molar-refractivity contribution is -0.142. The van der Waals surface area contributed by atoms with E-state index in [-0.39, 0.29) is 17.9 Å². The van der Waals surface area contributed by atoms with E-state index in [0.717, 1.165) is 4.31 Å². The highest BCUT2D eigenvalue weighted by atomic mass is 32.2. The van der Waals surface area contributed by atoms with E-state index in [9.17, 15) is 23.1 Å². The van der Waals surface area contributed by atoms with E-state index in [1.807, 2.05) is 0 Å². The van der Waals surface area contributed by atoms with Crippen LogP contribution in [0.3, 0.4) is 0 Å². The van der Waals surface area contributed by atoms with Crippen molar-refractivity contribution in [2.45, 2.75) is 25.3 Å². The quantitative estimate of drug-likeness (QED) is 0.641. The minimum absolute atomic E-state index is 0.162. The zero-order chi connectivity index (χ0) is 16.6. The SMILES string of the molecule is O=C(O)C1CCCCN1S(=O)(=O)Nc1ccc2[nH]c(=O)[nH]c2c1. The summed E-state index contributed by atoms with van der Waals surface area (Å²) < 4.78 is 28.3. The number of benzene rings is 1. The highest BCUT2D eigenvalue weighted by Gasteiger charge is 2.36. The molecule has 10 heteroatoms. The van der Waals surface area contributed by atoms with Crippen LogP contribution in [0.4, 0.5) is 5.69 Å². The summed E-state index contributed by atoms with van der Waals surface area (Å²) in [5, 5.41) is 9.20. The summed E-state index contributed by atoms with van der Waals surface area (Å²) in [5.41, 5.74) is 0.882. The van der Waals surface area contributed by atoms with Gasteiger partial charge in [0.1, 0.15) is 6.04 Å². The molecule has 0 radical (unpaired) electrons. The van der Waals surface area contributed by atoms with Gasteiger partial charge in [-0.2, -0.15) is 12.7 Å². The van der Waals surface area contributed by atoms with Gasteiger partial charge in [-0.05, 0) is 37.5 Å². The molecule has 1 atom stereocenters. The molecule has 1 unspecified atom stereocenters. The van der Waals surface area contributed by atoms with Crippen molar-refractivity contribution < 1.29 is 18.3 Å². The highest BCUT2D eigenvalue weighted by molar-refractivity contribution is 7.90. The summed E-state index contributed by atoms with van der Waals surface area (Å²) >= 11 is 0. The maximum Gasteiger partial charge on any atom is 0.323 e. The lowest BCUT2D eigenvalue weighted by atomic mass is 10.1. The van der Waals surface area contributed by atoms with Gasteiger partial charge in [-0.25, -0.2) is 4.79 Å². The maximum atomic E-state index is 12.5. The van der Waals surface area contributed by atoms with Crippen molar-refractivity contribution in [3.8, 4) is 0 Å². The van der Waals surface area contributed by atoms with Crippen molar-refractivity contribution in [2.24, 2.45) is 0 Å². The molecule has 0 amide bonds. The molecule has 1 aromatic carbocycles. The van der Waals surface area contributed by atoms with E-state index in [0.29, 0.717) is 30.3 Å². The normalized spacial score (nSPS) is 19.7. The van der Waals surface area contributed by atoms with E-state index in [1.165, 1.54) is 12.1 Å². The number of rotatable bonds is 4. The number of H-pyrrole nitrogens is 2. The van der Waals surface area contributed by atoms with Crippen molar-refractivity contribution >= 4 is 32.9 Å². The minimum Gasteiger partial charge on any atom is -0.480 e. The van der Waals surface area contributed by atoms with Gasteiger partial charge in [0.15, 0.2) is 0 Å². The standard InChI is InChI=1S/C13H16N4O5S/c18-12(19)11-3-1-2-6-17(11)23(21,22)16-8-4-5-9-10(7-8)15-13(20)14-9/h4-5,7,11,16H,1-3,6H2,(H,18,19)(H2,14,15,20). The molecule has 3 rings (SSSR count). The van der Waals surface area contributed by atoms with Crippen molar-refractivity contribution in [3.63, 3.8) is 0 Å². The summed E-state index contributed by atoms with van der Waals surface area (Å²) in [4.78, 5) is 27.6. The van der Waals surface area contributed by atoms with Gasteiger partial charge in [0.05, 0.1) is 16.7 Å². The molecule has 1 aliphatic rings. The van der Waals surface area contributed by atoms with Crippen molar-refractivity contribution in [3.05, 3.63) is 28.7 Å². The molecule has 0 saturated carbocycles. The molecule has 23 heavy (non-hydrogen) atoms. The largest absolute Gasteiger partial charge is 0.480 e. The Balaban J connectivity index is 1.89. The van der Waals surface area contributed by atoms with Crippen LogP contribution in [0.15, 0.2) is 23.0 Å². The molecule has 1 aromatic heterocycles. The first-order valence-corrected chi connectivity index (χ1v) is 8.55. The molecule has 2 aromatic rings. The number of imidazole rings is 1. The molecule has 124 valence electrons. The number of aromatic nitrogens is 2. The third-order valence-corrected chi connectivity index (χ3v) is 5.36. The topological polar surface area (TPSA) is 135 Å². The lowest BCUT2D eigenvalue weighted by Gasteiger charge is -2.31. The van der Waals surface area contributed by atoms with Crippen LogP contribution in [0, 0.1) is 0 Å². The van der Waals surface area contributed by atoms with Crippen molar-refractivity contribution in [1.82, 2.24) is 14.3 Å². The zero-order valence-electron chi connectivity index (χ0n) is 12.1. The minimum atomic E-state index is -3.99.